The minimum atomic E-state index is -0.244. The molecule has 1 aromatic rings. The zero-order valence-electron chi connectivity index (χ0n) is 15.2. The van der Waals surface area contributed by atoms with Gasteiger partial charge in [-0.1, -0.05) is 19.0 Å². The van der Waals surface area contributed by atoms with Crippen LogP contribution in [0.1, 0.15) is 76.0 Å². The lowest BCUT2D eigenvalue weighted by Crippen LogP contribution is -2.49. The first-order valence-electron chi connectivity index (χ1n) is 9.74. The van der Waals surface area contributed by atoms with E-state index in [1.54, 1.807) is 0 Å². The summed E-state index contributed by atoms with van der Waals surface area (Å²) in [7, 11) is 0. The number of urea groups is 1. The Labute approximate surface area is 148 Å². The lowest BCUT2D eigenvalue weighted by atomic mass is 10.0. The topological polar surface area (TPSA) is 83.3 Å². The monoisotopic (exact) mass is 347 g/mol. The van der Waals surface area contributed by atoms with Gasteiger partial charge in [-0.05, 0) is 44.4 Å². The first-order valence-corrected chi connectivity index (χ1v) is 9.74. The number of carbonyl (C=O) groups is 1. The highest BCUT2D eigenvalue weighted by molar-refractivity contribution is 5.74. The standard InChI is InChI=1S/C18H29N5O2/c1-11(2)15(17-21-16(22-25-17)12-3-4-12)20-18(24)19-13-7-9-23(10-8-13)14-5-6-14/h11-15H,3-10H2,1-2H3,(H2,19,20,24)/t15-/m1/s1. The highest BCUT2D eigenvalue weighted by Crippen LogP contribution is 2.38. The van der Waals surface area contributed by atoms with Crippen molar-refractivity contribution in [3.05, 3.63) is 11.7 Å². The van der Waals surface area contributed by atoms with Crippen molar-refractivity contribution in [2.75, 3.05) is 13.1 Å². The van der Waals surface area contributed by atoms with Crippen molar-refractivity contribution in [1.29, 1.82) is 0 Å². The Kier molecular flexibility index (Phi) is 4.67. The van der Waals surface area contributed by atoms with Gasteiger partial charge in [0.1, 0.15) is 6.04 Å². The van der Waals surface area contributed by atoms with Gasteiger partial charge in [0.15, 0.2) is 5.82 Å². The number of hydrogen-bond acceptors (Lipinski definition) is 5. The number of likely N-dealkylation sites (tertiary alicyclic amines) is 1. The van der Waals surface area contributed by atoms with Gasteiger partial charge in [0.05, 0.1) is 0 Å². The second-order valence-electron chi connectivity index (χ2n) is 8.15. The van der Waals surface area contributed by atoms with Crippen molar-refractivity contribution in [1.82, 2.24) is 25.7 Å². The van der Waals surface area contributed by atoms with Crippen molar-refractivity contribution in [2.24, 2.45) is 5.92 Å². The van der Waals surface area contributed by atoms with E-state index in [1.165, 1.54) is 12.8 Å². The van der Waals surface area contributed by atoms with Gasteiger partial charge in [-0.2, -0.15) is 4.98 Å². The molecule has 1 aromatic heterocycles. The van der Waals surface area contributed by atoms with E-state index >= 15 is 0 Å². The Bertz CT molecular complexity index is 600. The van der Waals surface area contributed by atoms with Crippen LogP contribution < -0.4 is 10.6 Å². The molecule has 138 valence electrons. The molecule has 0 unspecified atom stereocenters. The molecule has 1 atom stereocenters. The predicted octanol–water partition coefficient (Wildman–Crippen LogP) is 2.57. The van der Waals surface area contributed by atoms with E-state index < -0.39 is 0 Å². The number of hydrogen-bond donors (Lipinski definition) is 2. The van der Waals surface area contributed by atoms with Crippen molar-refractivity contribution in [3.63, 3.8) is 0 Å². The molecule has 1 saturated heterocycles. The lowest BCUT2D eigenvalue weighted by molar-refractivity contribution is 0.182. The summed E-state index contributed by atoms with van der Waals surface area (Å²) in [5, 5.41) is 10.2. The quantitative estimate of drug-likeness (QED) is 0.826. The van der Waals surface area contributed by atoms with E-state index in [4.69, 9.17) is 4.52 Å². The van der Waals surface area contributed by atoms with E-state index in [9.17, 15) is 4.79 Å². The van der Waals surface area contributed by atoms with E-state index in [0.29, 0.717) is 11.8 Å². The Hall–Kier alpha value is -1.63. The van der Waals surface area contributed by atoms with Crippen LogP contribution in [-0.4, -0.2) is 46.2 Å². The molecule has 3 aliphatic rings. The summed E-state index contributed by atoms with van der Waals surface area (Å²) in [6.45, 7) is 6.30. The summed E-state index contributed by atoms with van der Waals surface area (Å²) in [6, 6.07) is 0.701. The van der Waals surface area contributed by atoms with Gasteiger partial charge in [0.25, 0.3) is 0 Å². The summed E-state index contributed by atoms with van der Waals surface area (Å²) in [6.07, 6.45) is 7.03. The fraction of sp³-hybridized carbons (Fsp3) is 0.833. The van der Waals surface area contributed by atoms with Crippen molar-refractivity contribution >= 4 is 6.03 Å². The van der Waals surface area contributed by atoms with Crippen molar-refractivity contribution < 1.29 is 9.32 Å². The third-order valence-corrected chi connectivity index (χ3v) is 5.55. The van der Waals surface area contributed by atoms with Gasteiger partial charge >= 0.3 is 6.03 Å². The Morgan fingerprint density at radius 2 is 1.88 bits per heavy atom. The van der Waals surface area contributed by atoms with Crippen LogP contribution in [0.2, 0.25) is 0 Å². The SMILES string of the molecule is CC(C)[C@@H](NC(=O)NC1CCN(C2CC2)CC1)c1nc(C2CC2)no1. The second kappa shape index (κ2) is 6.94. The zero-order chi connectivity index (χ0) is 17.4. The number of aromatic nitrogens is 2. The first kappa shape index (κ1) is 16.8. The van der Waals surface area contributed by atoms with Crippen LogP contribution in [0.4, 0.5) is 4.79 Å². The minimum Gasteiger partial charge on any atom is -0.337 e. The van der Waals surface area contributed by atoms with E-state index in [0.717, 1.165) is 50.6 Å². The number of piperidine rings is 1. The number of nitrogens with one attached hydrogen (secondary N) is 2. The molecule has 2 amide bonds. The summed E-state index contributed by atoms with van der Waals surface area (Å²) < 4.78 is 5.42. The second-order valence-corrected chi connectivity index (χ2v) is 8.15. The Morgan fingerprint density at radius 1 is 1.16 bits per heavy atom. The Morgan fingerprint density at radius 3 is 2.48 bits per heavy atom. The van der Waals surface area contributed by atoms with Gasteiger partial charge in [-0.25, -0.2) is 4.79 Å². The van der Waals surface area contributed by atoms with Crippen LogP contribution in [0.25, 0.3) is 0 Å². The number of rotatable bonds is 6. The third kappa shape index (κ3) is 4.14. The average Bonchev–Trinajstić information content (AvgIpc) is 3.52. The van der Waals surface area contributed by atoms with Gasteiger partial charge < -0.3 is 20.1 Å². The molecule has 3 fully saturated rings. The summed E-state index contributed by atoms with van der Waals surface area (Å²) in [4.78, 5) is 19.5. The molecule has 7 nitrogen and oxygen atoms in total. The van der Waals surface area contributed by atoms with Crippen LogP contribution in [0.15, 0.2) is 4.52 Å². The summed E-state index contributed by atoms with van der Waals surface area (Å²) >= 11 is 0. The maximum atomic E-state index is 12.5. The fourth-order valence-electron chi connectivity index (χ4n) is 3.61. The summed E-state index contributed by atoms with van der Waals surface area (Å²) in [5.74, 6) is 1.96. The first-order chi connectivity index (χ1) is 12.1. The molecule has 2 heterocycles. The number of amides is 2. The van der Waals surface area contributed by atoms with E-state index in [-0.39, 0.29) is 24.0 Å². The highest BCUT2D eigenvalue weighted by Gasteiger charge is 2.33. The van der Waals surface area contributed by atoms with Crippen molar-refractivity contribution in [2.45, 2.75) is 76.4 Å². The molecule has 0 spiro atoms. The lowest BCUT2D eigenvalue weighted by Gasteiger charge is -2.32. The fourth-order valence-corrected chi connectivity index (χ4v) is 3.61. The largest absolute Gasteiger partial charge is 0.337 e. The predicted molar refractivity (Wildman–Crippen MR) is 93.1 cm³/mol. The Balaban J connectivity index is 1.29. The van der Waals surface area contributed by atoms with Gasteiger partial charge in [-0.3, -0.25) is 0 Å². The third-order valence-electron chi connectivity index (χ3n) is 5.55. The average molecular weight is 347 g/mol. The highest BCUT2D eigenvalue weighted by atomic mass is 16.5. The smallest absolute Gasteiger partial charge is 0.315 e. The van der Waals surface area contributed by atoms with Gasteiger partial charge in [-0.15, -0.1) is 0 Å². The van der Waals surface area contributed by atoms with Crippen LogP contribution in [0.3, 0.4) is 0 Å². The van der Waals surface area contributed by atoms with Crippen LogP contribution in [0.5, 0.6) is 0 Å². The number of carbonyl (C=O) groups excluding carboxylic acids is 1. The molecule has 2 saturated carbocycles. The van der Waals surface area contributed by atoms with E-state index in [1.807, 2.05) is 0 Å². The molecular formula is C18H29N5O2. The molecule has 0 bridgehead atoms. The van der Waals surface area contributed by atoms with Gasteiger partial charge in [0, 0.05) is 31.1 Å². The molecular weight excluding hydrogens is 318 g/mol. The molecule has 4 rings (SSSR count). The molecule has 25 heavy (non-hydrogen) atoms. The van der Waals surface area contributed by atoms with E-state index in [2.05, 4.69) is 39.5 Å². The maximum absolute atomic E-state index is 12.5. The normalized spacial score (nSPS) is 23.6. The van der Waals surface area contributed by atoms with Crippen molar-refractivity contribution in [3.8, 4) is 0 Å². The molecule has 2 aliphatic carbocycles. The minimum absolute atomic E-state index is 0.130. The molecule has 7 heteroatoms. The van der Waals surface area contributed by atoms with Crippen LogP contribution in [-0.2, 0) is 0 Å². The maximum Gasteiger partial charge on any atom is 0.315 e. The molecule has 0 aromatic carbocycles. The zero-order valence-corrected chi connectivity index (χ0v) is 15.2. The van der Waals surface area contributed by atoms with Crippen LogP contribution in [0, 0.1) is 5.92 Å². The summed E-state index contributed by atoms with van der Waals surface area (Å²) in [5.41, 5.74) is 0. The van der Waals surface area contributed by atoms with Crippen LogP contribution >= 0.6 is 0 Å². The molecule has 1 aliphatic heterocycles. The molecule has 2 N–H and O–H groups in total. The number of nitrogens with zero attached hydrogens (tertiary/aromatic N) is 3. The van der Waals surface area contributed by atoms with Gasteiger partial charge in [0.2, 0.25) is 5.89 Å². The molecule has 0 radical (unpaired) electrons.